The molecule has 0 heterocycles. The van der Waals surface area contributed by atoms with E-state index in [4.69, 9.17) is 0 Å². The SMILES string of the molecule is CC(=O)Nc1ccc(NC(C)=O)c(F)c1. The van der Waals surface area contributed by atoms with Crippen molar-refractivity contribution in [3.63, 3.8) is 0 Å². The zero-order chi connectivity index (χ0) is 11.4. The topological polar surface area (TPSA) is 58.2 Å². The van der Waals surface area contributed by atoms with E-state index < -0.39 is 5.82 Å². The van der Waals surface area contributed by atoms with E-state index in [9.17, 15) is 14.0 Å². The quantitative estimate of drug-likeness (QED) is 0.781. The number of hydrogen-bond acceptors (Lipinski definition) is 2. The molecule has 0 aliphatic rings. The van der Waals surface area contributed by atoms with Gasteiger partial charge < -0.3 is 10.6 Å². The molecule has 1 aromatic rings. The van der Waals surface area contributed by atoms with Crippen molar-refractivity contribution in [1.29, 1.82) is 0 Å². The number of anilines is 2. The second-order valence-corrected chi connectivity index (χ2v) is 3.06. The van der Waals surface area contributed by atoms with Crippen LogP contribution in [0.2, 0.25) is 0 Å². The Morgan fingerprint density at radius 1 is 1.13 bits per heavy atom. The number of nitrogens with one attached hydrogen (secondary N) is 2. The van der Waals surface area contributed by atoms with Crippen LogP contribution in [0.1, 0.15) is 13.8 Å². The second kappa shape index (κ2) is 4.54. The molecular formula is C10H11FN2O2. The van der Waals surface area contributed by atoms with Crippen molar-refractivity contribution in [1.82, 2.24) is 0 Å². The number of carbonyl (C=O) groups is 2. The van der Waals surface area contributed by atoms with Crippen molar-refractivity contribution < 1.29 is 14.0 Å². The highest BCUT2D eigenvalue weighted by Crippen LogP contribution is 2.18. The van der Waals surface area contributed by atoms with Gasteiger partial charge in [0.05, 0.1) is 5.69 Å². The molecule has 80 valence electrons. The summed E-state index contributed by atoms with van der Waals surface area (Å²) in [4.78, 5) is 21.4. The zero-order valence-electron chi connectivity index (χ0n) is 8.43. The van der Waals surface area contributed by atoms with E-state index in [1.165, 1.54) is 26.0 Å². The molecule has 5 heteroatoms. The van der Waals surface area contributed by atoms with Gasteiger partial charge in [-0.15, -0.1) is 0 Å². The zero-order valence-corrected chi connectivity index (χ0v) is 8.43. The molecule has 0 saturated heterocycles. The van der Waals surface area contributed by atoms with Gasteiger partial charge in [-0.25, -0.2) is 4.39 Å². The van der Waals surface area contributed by atoms with E-state index >= 15 is 0 Å². The lowest BCUT2D eigenvalue weighted by atomic mass is 10.2. The third kappa shape index (κ3) is 3.38. The van der Waals surface area contributed by atoms with Crippen molar-refractivity contribution >= 4 is 23.2 Å². The molecule has 1 aromatic carbocycles. The summed E-state index contributed by atoms with van der Waals surface area (Å²) in [7, 11) is 0. The van der Waals surface area contributed by atoms with Gasteiger partial charge >= 0.3 is 0 Å². The Morgan fingerprint density at radius 3 is 2.20 bits per heavy atom. The van der Waals surface area contributed by atoms with Gasteiger partial charge in [0.1, 0.15) is 5.82 Å². The van der Waals surface area contributed by atoms with Crippen molar-refractivity contribution in [2.75, 3.05) is 10.6 Å². The van der Waals surface area contributed by atoms with Gasteiger partial charge in [-0.1, -0.05) is 0 Å². The van der Waals surface area contributed by atoms with Crippen LogP contribution < -0.4 is 10.6 Å². The van der Waals surface area contributed by atoms with Gasteiger partial charge in [-0.2, -0.15) is 0 Å². The molecule has 1 rings (SSSR count). The summed E-state index contributed by atoms with van der Waals surface area (Å²) in [6.45, 7) is 2.63. The lowest BCUT2D eigenvalue weighted by molar-refractivity contribution is -0.115. The predicted octanol–water partition coefficient (Wildman–Crippen LogP) is 1.74. The molecule has 0 atom stereocenters. The molecule has 0 bridgehead atoms. The van der Waals surface area contributed by atoms with Crippen LogP contribution in [-0.4, -0.2) is 11.8 Å². The lowest BCUT2D eigenvalue weighted by Gasteiger charge is -2.06. The van der Waals surface area contributed by atoms with Crippen molar-refractivity contribution in [3.8, 4) is 0 Å². The summed E-state index contributed by atoms with van der Waals surface area (Å²) in [6, 6.07) is 4.05. The first kappa shape index (κ1) is 11.2. The van der Waals surface area contributed by atoms with Gasteiger partial charge in [0, 0.05) is 19.5 Å². The fourth-order valence-electron chi connectivity index (χ4n) is 1.09. The number of rotatable bonds is 2. The Kier molecular flexibility index (Phi) is 3.38. The summed E-state index contributed by atoms with van der Waals surface area (Å²) in [5, 5.41) is 4.76. The van der Waals surface area contributed by atoms with Crippen LogP contribution in [0.4, 0.5) is 15.8 Å². The van der Waals surface area contributed by atoms with Crippen LogP contribution in [0.25, 0.3) is 0 Å². The monoisotopic (exact) mass is 210 g/mol. The number of hydrogen-bond donors (Lipinski definition) is 2. The van der Waals surface area contributed by atoms with Gasteiger partial charge in [0.15, 0.2) is 0 Å². The number of benzene rings is 1. The van der Waals surface area contributed by atoms with Crippen LogP contribution in [0.15, 0.2) is 18.2 Å². The van der Waals surface area contributed by atoms with E-state index in [0.29, 0.717) is 5.69 Å². The normalized spacial score (nSPS) is 9.53. The summed E-state index contributed by atoms with van der Waals surface area (Å²) in [5.41, 5.74) is 0.450. The maximum Gasteiger partial charge on any atom is 0.221 e. The molecule has 0 aliphatic carbocycles. The predicted molar refractivity (Wildman–Crippen MR) is 55.0 cm³/mol. The highest BCUT2D eigenvalue weighted by molar-refractivity contribution is 5.91. The second-order valence-electron chi connectivity index (χ2n) is 3.06. The fourth-order valence-corrected chi connectivity index (χ4v) is 1.09. The average Bonchev–Trinajstić information content (AvgIpc) is 2.08. The number of amides is 2. The molecule has 0 aliphatic heterocycles. The minimum Gasteiger partial charge on any atom is -0.326 e. The van der Waals surface area contributed by atoms with Gasteiger partial charge in [0.25, 0.3) is 0 Å². The van der Waals surface area contributed by atoms with Crippen molar-refractivity contribution in [2.24, 2.45) is 0 Å². The van der Waals surface area contributed by atoms with Crippen molar-refractivity contribution in [2.45, 2.75) is 13.8 Å². The van der Waals surface area contributed by atoms with Gasteiger partial charge in [-0.3, -0.25) is 9.59 Å². The van der Waals surface area contributed by atoms with Crippen LogP contribution in [-0.2, 0) is 9.59 Å². The third-order valence-corrected chi connectivity index (χ3v) is 1.60. The van der Waals surface area contributed by atoms with E-state index in [2.05, 4.69) is 10.6 Å². The summed E-state index contributed by atoms with van der Waals surface area (Å²) >= 11 is 0. The lowest BCUT2D eigenvalue weighted by Crippen LogP contribution is -2.09. The molecule has 0 saturated carbocycles. The molecule has 0 unspecified atom stereocenters. The van der Waals surface area contributed by atoms with Gasteiger partial charge in [0.2, 0.25) is 11.8 Å². The Morgan fingerprint density at radius 2 is 1.73 bits per heavy atom. The largest absolute Gasteiger partial charge is 0.326 e. The first-order valence-corrected chi connectivity index (χ1v) is 4.34. The summed E-state index contributed by atoms with van der Waals surface area (Å²) < 4.78 is 13.3. The smallest absolute Gasteiger partial charge is 0.221 e. The summed E-state index contributed by atoms with van der Waals surface area (Å²) in [6.07, 6.45) is 0. The Balaban J connectivity index is 2.87. The van der Waals surface area contributed by atoms with Crippen molar-refractivity contribution in [3.05, 3.63) is 24.0 Å². The van der Waals surface area contributed by atoms with Crippen LogP contribution >= 0.6 is 0 Å². The van der Waals surface area contributed by atoms with E-state index in [1.54, 1.807) is 0 Å². The molecule has 2 N–H and O–H groups in total. The highest BCUT2D eigenvalue weighted by Gasteiger charge is 2.05. The first-order valence-electron chi connectivity index (χ1n) is 4.34. The molecule has 0 radical (unpaired) electrons. The van der Waals surface area contributed by atoms with Crippen LogP contribution in [0.5, 0.6) is 0 Å². The molecule has 0 spiro atoms. The number of carbonyl (C=O) groups excluding carboxylic acids is 2. The Bertz CT molecular complexity index is 404. The molecule has 15 heavy (non-hydrogen) atoms. The summed E-state index contributed by atoms with van der Waals surface area (Å²) in [5.74, 6) is -1.21. The Labute approximate surface area is 86.5 Å². The van der Waals surface area contributed by atoms with Gasteiger partial charge in [-0.05, 0) is 18.2 Å². The van der Waals surface area contributed by atoms with E-state index in [1.807, 2.05) is 0 Å². The first-order chi connectivity index (χ1) is 6.99. The molecular weight excluding hydrogens is 199 g/mol. The minimum atomic E-state index is -0.587. The molecule has 4 nitrogen and oxygen atoms in total. The average molecular weight is 210 g/mol. The molecule has 0 aromatic heterocycles. The van der Waals surface area contributed by atoms with Crippen LogP contribution in [0, 0.1) is 5.82 Å². The Hall–Kier alpha value is -1.91. The van der Waals surface area contributed by atoms with E-state index in [0.717, 1.165) is 6.07 Å². The minimum absolute atomic E-state index is 0.0941. The molecule has 0 fully saturated rings. The fraction of sp³-hybridized carbons (Fsp3) is 0.200. The number of halogens is 1. The molecule has 2 amide bonds. The standard InChI is InChI=1S/C10H11FN2O2/c1-6(14)12-8-3-4-10(9(11)5-8)13-7(2)15/h3-5H,1-2H3,(H,12,14)(H,13,15). The third-order valence-electron chi connectivity index (χ3n) is 1.60. The maximum atomic E-state index is 13.3. The highest BCUT2D eigenvalue weighted by atomic mass is 19.1. The van der Waals surface area contributed by atoms with Crippen LogP contribution in [0.3, 0.4) is 0 Å². The maximum absolute atomic E-state index is 13.3. The van der Waals surface area contributed by atoms with E-state index in [-0.39, 0.29) is 17.5 Å².